The molecule has 0 aliphatic heterocycles. The molecule has 0 bridgehead atoms. The van der Waals surface area contributed by atoms with Crippen LogP contribution >= 0.6 is 11.6 Å². The van der Waals surface area contributed by atoms with E-state index in [2.05, 4.69) is 15.2 Å². The zero-order chi connectivity index (χ0) is 13.6. The van der Waals surface area contributed by atoms with E-state index in [0.717, 1.165) is 12.1 Å². The summed E-state index contributed by atoms with van der Waals surface area (Å²) in [5.41, 5.74) is 0.287. The first-order chi connectivity index (χ1) is 9.08. The molecular weight excluding hydrogens is 281 g/mol. The van der Waals surface area contributed by atoms with Crippen molar-refractivity contribution in [2.75, 3.05) is 0 Å². The minimum atomic E-state index is -1.53. The van der Waals surface area contributed by atoms with Crippen LogP contribution in [0.25, 0.3) is 17.0 Å². The highest BCUT2D eigenvalue weighted by molar-refractivity contribution is 6.32. The Morgan fingerprint density at radius 2 is 1.74 bits per heavy atom. The highest BCUT2D eigenvalue weighted by atomic mass is 35.5. The molecule has 4 nitrogen and oxygen atoms in total. The summed E-state index contributed by atoms with van der Waals surface area (Å²) in [6.45, 7) is 0. The van der Waals surface area contributed by atoms with E-state index in [-0.39, 0.29) is 22.2 Å². The predicted octanol–water partition coefficient (Wildman–Crippen LogP) is 2.86. The summed E-state index contributed by atoms with van der Waals surface area (Å²) < 4.78 is 40.7. The first kappa shape index (κ1) is 11.9. The molecule has 2 aromatic heterocycles. The molecule has 1 aromatic carbocycles. The molecule has 96 valence electrons. The molecular formula is C11H4ClF3N4. The molecule has 0 saturated heterocycles. The second-order valence-corrected chi connectivity index (χ2v) is 4.05. The molecule has 0 fully saturated rings. The molecule has 0 saturated carbocycles. The van der Waals surface area contributed by atoms with Crippen LogP contribution in [-0.2, 0) is 0 Å². The van der Waals surface area contributed by atoms with Gasteiger partial charge in [-0.2, -0.15) is 0 Å². The summed E-state index contributed by atoms with van der Waals surface area (Å²) >= 11 is 5.80. The number of halogens is 4. The van der Waals surface area contributed by atoms with Gasteiger partial charge >= 0.3 is 0 Å². The van der Waals surface area contributed by atoms with E-state index in [9.17, 15) is 13.2 Å². The molecule has 0 radical (unpaired) electrons. The van der Waals surface area contributed by atoms with E-state index >= 15 is 0 Å². The number of hydrogen-bond donors (Lipinski definition) is 0. The maximum absolute atomic E-state index is 13.2. The maximum Gasteiger partial charge on any atom is 0.198 e. The number of rotatable bonds is 1. The van der Waals surface area contributed by atoms with Crippen LogP contribution in [0.1, 0.15) is 0 Å². The number of hydrogen-bond acceptors (Lipinski definition) is 3. The second kappa shape index (κ2) is 4.20. The van der Waals surface area contributed by atoms with E-state index < -0.39 is 17.5 Å². The Bertz CT molecular complexity index is 764. The summed E-state index contributed by atoms with van der Waals surface area (Å²) in [5.74, 6) is -3.99. The highest BCUT2D eigenvalue weighted by Crippen LogP contribution is 2.24. The van der Waals surface area contributed by atoms with Gasteiger partial charge in [-0.15, -0.1) is 10.2 Å². The molecule has 8 heteroatoms. The van der Waals surface area contributed by atoms with Crippen molar-refractivity contribution >= 4 is 17.2 Å². The lowest BCUT2D eigenvalue weighted by molar-refractivity contribution is 0.447. The minimum absolute atomic E-state index is 0.0474. The molecule has 19 heavy (non-hydrogen) atoms. The lowest BCUT2D eigenvalue weighted by atomic mass is 10.2. The van der Waals surface area contributed by atoms with Crippen LogP contribution in [0.15, 0.2) is 24.5 Å². The van der Waals surface area contributed by atoms with E-state index in [1.54, 1.807) is 0 Å². The molecule has 3 aromatic rings. The van der Waals surface area contributed by atoms with E-state index in [4.69, 9.17) is 11.6 Å². The van der Waals surface area contributed by atoms with Crippen LogP contribution in [0.5, 0.6) is 0 Å². The van der Waals surface area contributed by atoms with Crippen LogP contribution in [0, 0.1) is 17.5 Å². The third kappa shape index (κ3) is 1.82. The van der Waals surface area contributed by atoms with E-state index in [0.29, 0.717) is 0 Å². The van der Waals surface area contributed by atoms with Gasteiger partial charge in [-0.25, -0.2) is 18.2 Å². The maximum atomic E-state index is 13.2. The van der Waals surface area contributed by atoms with Crippen molar-refractivity contribution in [3.63, 3.8) is 0 Å². The van der Waals surface area contributed by atoms with Crippen molar-refractivity contribution in [2.24, 2.45) is 0 Å². The SMILES string of the molecule is Fc1cc(-c2nnc3c(Cl)nccn23)cc(F)c1F. The Hall–Kier alpha value is -2.15. The number of fused-ring (bicyclic) bond motifs is 1. The third-order valence-corrected chi connectivity index (χ3v) is 2.79. The van der Waals surface area contributed by atoms with Gasteiger partial charge in [0.25, 0.3) is 0 Å². The molecule has 0 spiro atoms. The third-order valence-electron chi connectivity index (χ3n) is 2.53. The topological polar surface area (TPSA) is 43.1 Å². The molecule has 0 unspecified atom stereocenters. The summed E-state index contributed by atoms with van der Waals surface area (Å²) in [6.07, 6.45) is 2.87. The van der Waals surface area contributed by atoms with Crippen molar-refractivity contribution in [1.82, 2.24) is 19.6 Å². The zero-order valence-electron chi connectivity index (χ0n) is 9.11. The molecule has 2 heterocycles. The number of nitrogens with zero attached hydrogens (tertiary/aromatic N) is 4. The van der Waals surface area contributed by atoms with Crippen molar-refractivity contribution in [1.29, 1.82) is 0 Å². The average molecular weight is 285 g/mol. The molecule has 0 amide bonds. The van der Waals surface area contributed by atoms with Gasteiger partial charge < -0.3 is 0 Å². The minimum Gasteiger partial charge on any atom is -0.278 e. The van der Waals surface area contributed by atoms with Crippen LogP contribution in [0.4, 0.5) is 13.2 Å². The Balaban J connectivity index is 2.28. The smallest absolute Gasteiger partial charge is 0.198 e. The Labute approximate surface area is 109 Å². The lowest BCUT2D eigenvalue weighted by Crippen LogP contribution is -1.95. The lowest BCUT2D eigenvalue weighted by Gasteiger charge is -2.02. The summed E-state index contributed by atoms with van der Waals surface area (Å²) in [6, 6.07) is 1.67. The molecule has 0 atom stereocenters. The summed E-state index contributed by atoms with van der Waals surface area (Å²) in [4.78, 5) is 3.80. The van der Waals surface area contributed by atoms with E-state index in [1.807, 2.05) is 0 Å². The van der Waals surface area contributed by atoms with Crippen molar-refractivity contribution in [2.45, 2.75) is 0 Å². The van der Waals surface area contributed by atoms with Crippen molar-refractivity contribution in [3.8, 4) is 11.4 Å². The van der Waals surface area contributed by atoms with Gasteiger partial charge in [0.15, 0.2) is 34.1 Å². The van der Waals surface area contributed by atoms with Gasteiger partial charge in [0.2, 0.25) is 0 Å². The van der Waals surface area contributed by atoms with Gasteiger partial charge in [0.1, 0.15) is 0 Å². The van der Waals surface area contributed by atoms with Gasteiger partial charge in [0.05, 0.1) is 0 Å². The molecule has 0 aliphatic carbocycles. The number of aromatic nitrogens is 4. The van der Waals surface area contributed by atoms with Crippen LogP contribution < -0.4 is 0 Å². The zero-order valence-corrected chi connectivity index (χ0v) is 9.87. The van der Waals surface area contributed by atoms with Gasteiger partial charge in [-0.1, -0.05) is 11.6 Å². The van der Waals surface area contributed by atoms with Crippen LogP contribution in [-0.4, -0.2) is 19.6 Å². The number of benzene rings is 1. The van der Waals surface area contributed by atoms with Gasteiger partial charge in [-0.3, -0.25) is 4.40 Å². The molecule has 0 N–H and O–H groups in total. The standard InChI is InChI=1S/C11H4ClF3N4/c12-9-11-18-17-10(19(11)2-1-16-9)5-3-6(13)8(15)7(14)4-5/h1-4H. The predicted molar refractivity (Wildman–Crippen MR) is 61.1 cm³/mol. The summed E-state index contributed by atoms with van der Waals surface area (Å²) in [5, 5.41) is 7.63. The fourth-order valence-electron chi connectivity index (χ4n) is 1.68. The Kier molecular flexibility index (Phi) is 2.63. The first-order valence-electron chi connectivity index (χ1n) is 5.08. The molecule has 0 aliphatic rings. The highest BCUT2D eigenvalue weighted by Gasteiger charge is 2.16. The van der Waals surface area contributed by atoms with Gasteiger partial charge in [-0.05, 0) is 12.1 Å². The quantitative estimate of drug-likeness (QED) is 0.645. The monoisotopic (exact) mass is 284 g/mol. The van der Waals surface area contributed by atoms with E-state index in [1.165, 1.54) is 16.8 Å². The van der Waals surface area contributed by atoms with Crippen LogP contribution in [0.2, 0.25) is 5.15 Å². The Morgan fingerprint density at radius 1 is 1.05 bits per heavy atom. The van der Waals surface area contributed by atoms with Crippen molar-refractivity contribution in [3.05, 3.63) is 47.1 Å². The van der Waals surface area contributed by atoms with Crippen LogP contribution in [0.3, 0.4) is 0 Å². The average Bonchev–Trinajstić information content (AvgIpc) is 2.80. The summed E-state index contributed by atoms with van der Waals surface area (Å²) in [7, 11) is 0. The van der Waals surface area contributed by atoms with Gasteiger partial charge in [0, 0.05) is 18.0 Å². The fourth-order valence-corrected chi connectivity index (χ4v) is 1.86. The largest absolute Gasteiger partial charge is 0.278 e. The first-order valence-corrected chi connectivity index (χ1v) is 5.46. The molecule has 3 rings (SSSR count). The second-order valence-electron chi connectivity index (χ2n) is 3.69. The fraction of sp³-hybridized carbons (Fsp3) is 0. The normalized spacial score (nSPS) is 11.2. The van der Waals surface area contributed by atoms with Crippen molar-refractivity contribution < 1.29 is 13.2 Å². The Morgan fingerprint density at radius 3 is 2.42 bits per heavy atom.